The number of hydrogen-bond donors (Lipinski definition) is 2. The first kappa shape index (κ1) is 15.1. The maximum atomic E-state index is 4.43. The fourth-order valence-corrected chi connectivity index (χ4v) is 2.17. The molecule has 0 bridgehead atoms. The molecule has 0 saturated carbocycles. The molecular formula is C16H23N5. The molecule has 5 heteroatoms. The monoisotopic (exact) mass is 285 g/mol. The van der Waals surface area contributed by atoms with E-state index >= 15 is 0 Å². The van der Waals surface area contributed by atoms with Gasteiger partial charge in [0.1, 0.15) is 5.82 Å². The molecule has 0 saturated heterocycles. The zero-order chi connectivity index (χ0) is 15.2. The molecular weight excluding hydrogens is 262 g/mol. The average molecular weight is 285 g/mol. The summed E-state index contributed by atoms with van der Waals surface area (Å²) < 4.78 is 0. The normalized spacial score (nSPS) is 10.3. The number of nitrogens with zero attached hydrogens (tertiary/aromatic N) is 3. The highest BCUT2D eigenvalue weighted by molar-refractivity contribution is 5.63. The van der Waals surface area contributed by atoms with Crippen molar-refractivity contribution >= 4 is 23.1 Å². The van der Waals surface area contributed by atoms with E-state index in [0.717, 1.165) is 30.2 Å². The Morgan fingerprint density at radius 1 is 1.10 bits per heavy atom. The molecule has 5 nitrogen and oxygen atoms in total. The summed E-state index contributed by atoms with van der Waals surface area (Å²) in [5.74, 6) is 1.44. The van der Waals surface area contributed by atoms with Crippen molar-refractivity contribution in [1.29, 1.82) is 0 Å². The quantitative estimate of drug-likeness (QED) is 0.851. The molecule has 112 valence electrons. The summed E-state index contributed by atoms with van der Waals surface area (Å²) in [4.78, 5) is 10.9. The highest BCUT2D eigenvalue weighted by Crippen LogP contribution is 2.22. The van der Waals surface area contributed by atoms with Crippen LogP contribution in [0.5, 0.6) is 0 Å². The fraction of sp³-hybridized carbons (Fsp3) is 0.375. The van der Waals surface area contributed by atoms with Crippen molar-refractivity contribution in [3.8, 4) is 0 Å². The van der Waals surface area contributed by atoms with Gasteiger partial charge in [-0.1, -0.05) is 0 Å². The number of hydrogen-bond acceptors (Lipinski definition) is 5. The van der Waals surface area contributed by atoms with E-state index in [1.807, 2.05) is 20.2 Å². The Bertz CT molecular complexity index is 576. The minimum Gasteiger partial charge on any atom is -0.372 e. The molecule has 0 unspecified atom stereocenters. The van der Waals surface area contributed by atoms with E-state index in [1.54, 1.807) is 0 Å². The van der Waals surface area contributed by atoms with Crippen molar-refractivity contribution in [2.75, 3.05) is 35.7 Å². The molecule has 0 spiro atoms. The maximum absolute atomic E-state index is 4.43. The first-order chi connectivity index (χ1) is 10.2. The summed E-state index contributed by atoms with van der Waals surface area (Å²) in [5.41, 5.74) is 3.28. The van der Waals surface area contributed by atoms with Crippen molar-refractivity contribution in [1.82, 2.24) is 9.97 Å². The maximum Gasteiger partial charge on any atom is 0.224 e. The van der Waals surface area contributed by atoms with Gasteiger partial charge in [0.2, 0.25) is 5.95 Å². The van der Waals surface area contributed by atoms with Crippen LogP contribution < -0.4 is 15.5 Å². The summed E-state index contributed by atoms with van der Waals surface area (Å²) in [6.45, 7) is 8.35. The van der Waals surface area contributed by atoms with Gasteiger partial charge in [0.15, 0.2) is 0 Å². The van der Waals surface area contributed by atoms with E-state index < -0.39 is 0 Å². The van der Waals surface area contributed by atoms with Gasteiger partial charge in [-0.25, -0.2) is 4.98 Å². The van der Waals surface area contributed by atoms with Crippen LogP contribution in [-0.2, 0) is 0 Å². The number of nitrogens with one attached hydrogen (secondary N) is 2. The predicted octanol–water partition coefficient (Wildman–Crippen LogP) is 3.42. The molecule has 1 aromatic carbocycles. The fourth-order valence-electron chi connectivity index (χ4n) is 2.17. The average Bonchev–Trinajstić information content (AvgIpc) is 2.52. The Kier molecular flexibility index (Phi) is 4.98. The minimum absolute atomic E-state index is 0.614. The van der Waals surface area contributed by atoms with E-state index in [0.29, 0.717) is 5.95 Å². The lowest BCUT2D eigenvalue weighted by molar-refractivity contribution is 0.866. The molecule has 21 heavy (non-hydrogen) atoms. The second-order valence-corrected chi connectivity index (χ2v) is 4.82. The van der Waals surface area contributed by atoms with Crippen molar-refractivity contribution in [3.05, 3.63) is 36.0 Å². The predicted molar refractivity (Wildman–Crippen MR) is 89.6 cm³/mol. The van der Waals surface area contributed by atoms with Crippen molar-refractivity contribution < 1.29 is 0 Å². The summed E-state index contributed by atoms with van der Waals surface area (Å²) in [6, 6.07) is 8.41. The molecule has 1 heterocycles. The lowest BCUT2D eigenvalue weighted by atomic mass is 10.2. The van der Waals surface area contributed by atoms with Gasteiger partial charge in [0, 0.05) is 43.3 Å². The van der Waals surface area contributed by atoms with Crippen LogP contribution in [-0.4, -0.2) is 30.1 Å². The molecule has 0 aliphatic rings. The SMILES string of the molecule is CCN(CC)c1ccc(Nc2nc(NC)ncc2C)cc1. The summed E-state index contributed by atoms with van der Waals surface area (Å²) >= 11 is 0. The molecule has 2 aromatic rings. The summed E-state index contributed by atoms with van der Waals surface area (Å²) in [5, 5.41) is 6.29. The molecule has 0 atom stereocenters. The second-order valence-electron chi connectivity index (χ2n) is 4.82. The number of rotatable bonds is 6. The van der Waals surface area contributed by atoms with E-state index in [9.17, 15) is 0 Å². The van der Waals surface area contributed by atoms with E-state index in [-0.39, 0.29) is 0 Å². The van der Waals surface area contributed by atoms with E-state index in [1.165, 1.54) is 5.69 Å². The van der Waals surface area contributed by atoms with Gasteiger partial charge < -0.3 is 15.5 Å². The topological polar surface area (TPSA) is 53.1 Å². The lowest BCUT2D eigenvalue weighted by Gasteiger charge is -2.21. The number of anilines is 4. The molecule has 2 N–H and O–H groups in total. The first-order valence-corrected chi connectivity index (χ1v) is 7.31. The molecule has 1 aromatic heterocycles. The Morgan fingerprint density at radius 3 is 2.33 bits per heavy atom. The van der Waals surface area contributed by atoms with Gasteiger partial charge >= 0.3 is 0 Å². The molecule has 0 amide bonds. The highest BCUT2D eigenvalue weighted by Gasteiger charge is 2.05. The van der Waals surface area contributed by atoms with Gasteiger partial charge in [-0.3, -0.25) is 0 Å². The second kappa shape index (κ2) is 6.92. The molecule has 0 aliphatic carbocycles. The van der Waals surface area contributed by atoms with Crippen LogP contribution in [0.15, 0.2) is 30.5 Å². The van der Waals surface area contributed by atoms with Crippen LogP contribution in [0.4, 0.5) is 23.1 Å². The zero-order valence-corrected chi connectivity index (χ0v) is 13.1. The van der Waals surface area contributed by atoms with Crippen molar-refractivity contribution in [2.45, 2.75) is 20.8 Å². The van der Waals surface area contributed by atoms with Gasteiger partial charge in [-0.05, 0) is 45.0 Å². The Balaban J connectivity index is 2.17. The Hall–Kier alpha value is -2.30. The number of aromatic nitrogens is 2. The standard InChI is InChI=1S/C16H23N5/c1-5-21(6-2)14-9-7-13(8-10-14)19-15-12(3)11-18-16(17-4)20-15/h7-11H,5-6H2,1-4H3,(H2,17,18,19,20). The van der Waals surface area contributed by atoms with Crippen LogP contribution in [0.2, 0.25) is 0 Å². The van der Waals surface area contributed by atoms with E-state index in [2.05, 4.69) is 63.6 Å². The van der Waals surface area contributed by atoms with Crippen LogP contribution in [0.25, 0.3) is 0 Å². The van der Waals surface area contributed by atoms with Gasteiger partial charge in [0.05, 0.1) is 0 Å². The van der Waals surface area contributed by atoms with Crippen LogP contribution in [0, 0.1) is 6.92 Å². The number of benzene rings is 1. The Labute approximate surface area is 126 Å². The Morgan fingerprint density at radius 2 is 1.76 bits per heavy atom. The largest absolute Gasteiger partial charge is 0.372 e. The number of aryl methyl sites for hydroxylation is 1. The first-order valence-electron chi connectivity index (χ1n) is 7.31. The molecule has 0 radical (unpaired) electrons. The molecule has 2 rings (SSSR count). The van der Waals surface area contributed by atoms with Crippen LogP contribution in [0.3, 0.4) is 0 Å². The highest BCUT2D eigenvalue weighted by atomic mass is 15.1. The molecule has 0 aliphatic heterocycles. The van der Waals surface area contributed by atoms with Crippen molar-refractivity contribution in [2.24, 2.45) is 0 Å². The molecule has 0 fully saturated rings. The third-order valence-electron chi connectivity index (χ3n) is 3.45. The van der Waals surface area contributed by atoms with Crippen molar-refractivity contribution in [3.63, 3.8) is 0 Å². The van der Waals surface area contributed by atoms with Crippen LogP contribution >= 0.6 is 0 Å². The minimum atomic E-state index is 0.614. The summed E-state index contributed by atoms with van der Waals surface area (Å²) in [6.07, 6.45) is 1.81. The van der Waals surface area contributed by atoms with Crippen LogP contribution in [0.1, 0.15) is 19.4 Å². The third kappa shape index (κ3) is 3.62. The van der Waals surface area contributed by atoms with Gasteiger partial charge in [-0.15, -0.1) is 0 Å². The smallest absolute Gasteiger partial charge is 0.224 e. The van der Waals surface area contributed by atoms with Gasteiger partial charge in [0.25, 0.3) is 0 Å². The zero-order valence-electron chi connectivity index (χ0n) is 13.1. The van der Waals surface area contributed by atoms with E-state index in [4.69, 9.17) is 0 Å². The lowest BCUT2D eigenvalue weighted by Crippen LogP contribution is -2.21. The van der Waals surface area contributed by atoms with Gasteiger partial charge in [-0.2, -0.15) is 4.98 Å². The third-order valence-corrected chi connectivity index (χ3v) is 3.45. The summed E-state index contributed by atoms with van der Waals surface area (Å²) in [7, 11) is 1.81.